The maximum Gasteiger partial charge on any atom is 0.264 e. The van der Waals surface area contributed by atoms with Gasteiger partial charge in [-0.25, -0.2) is 0 Å². The number of hydrogen-bond donors (Lipinski definition) is 0. The molecule has 4 aromatic rings. The van der Waals surface area contributed by atoms with Crippen molar-refractivity contribution in [2.75, 3.05) is 0 Å². The summed E-state index contributed by atoms with van der Waals surface area (Å²) in [6.07, 6.45) is 7.20. The lowest BCUT2D eigenvalue weighted by Gasteiger charge is -2.33. The van der Waals surface area contributed by atoms with E-state index in [1.807, 2.05) is 48.2 Å². The van der Waals surface area contributed by atoms with Crippen LogP contribution in [0, 0.1) is 0 Å². The molecular weight excluding hydrogens is 408 g/mol. The third-order valence-corrected chi connectivity index (χ3v) is 7.51. The van der Waals surface area contributed by atoms with Gasteiger partial charge in [0.15, 0.2) is 0 Å². The normalized spacial score (nSPS) is 15.0. The monoisotopic (exact) mass is 434 g/mol. The van der Waals surface area contributed by atoms with E-state index < -0.39 is 0 Å². The molecule has 1 amide bonds. The molecule has 0 N–H and O–H groups in total. The Labute approximate surface area is 184 Å². The number of fused-ring (bicyclic) bond motifs is 3. The Balaban J connectivity index is 1.61. The van der Waals surface area contributed by atoms with Gasteiger partial charge in [0.1, 0.15) is 5.76 Å². The topological polar surface area (TPSA) is 55.5 Å². The summed E-state index contributed by atoms with van der Waals surface area (Å²) in [5.74, 6) is 0.787. The number of pyridine rings is 1. The fraction of sp³-hybridized carbons (Fsp3) is 0.360. The number of amides is 1. The van der Waals surface area contributed by atoms with Crippen LogP contribution in [0.25, 0.3) is 21.0 Å². The van der Waals surface area contributed by atoms with Gasteiger partial charge >= 0.3 is 0 Å². The lowest BCUT2D eigenvalue weighted by Crippen LogP contribution is -2.40. The number of aryl methyl sites for hydroxylation is 1. The number of rotatable bonds is 5. The van der Waals surface area contributed by atoms with Crippen LogP contribution in [-0.4, -0.2) is 21.4 Å². The minimum Gasteiger partial charge on any atom is -0.467 e. The van der Waals surface area contributed by atoms with Gasteiger partial charge in [0, 0.05) is 22.7 Å². The molecule has 1 aliphatic carbocycles. The van der Waals surface area contributed by atoms with E-state index >= 15 is 0 Å². The van der Waals surface area contributed by atoms with Crippen molar-refractivity contribution in [1.82, 2.24) is 9.47 Å². The van der Waals surface area contributed by atoms with Crippen molar-refractivity contribution in [2.45, 2.75) is 58.2 Å². The van der Waals surface area contributed by atoms with Gasteiger partial charge in [-0.3, -0.25) is 9.59 Å². The summed E-state index contributed by atoms with van der Waals surface area (Å²) >= 11 is 1.44. The molecule has 160 valence electrons. The molecule has 1 saturated carbocycles. The van der Waals surface area contributed by atoms with E-state index in [2.05, 4.69) is 0 Å². The molecular formula is C25H26N2O3S. The number of para-hydroxylation sites is 1. The Bertz CT molecular complexity index is 1280. The highest BCUT2D eigenvalue weighted by Gasteiger charge is 2.29. The fourth-order valence-corrected chi connectivity index (χ4v) is 5.94. The van der Waals surface area contributed by atoms with E-state index in [0.717, 1.165) is 47.0 Å². The smallest absolute Gasteiger partial charge is 0.264 e. The molecule has 6 heteroatoms. The first-order valence-corrected chi connectivity index (χ1v) is 11.9. The third kappa shape index (κ3) is 3.59. The second-order valence-electron chi connectivity index (χ2n) is 8.22. The molecule has 0 radical (unpaired) electrons. The molecule has 1 aromatic carbocycles. The second-order valence-corrected chi connectivity index (χ2v) is 9.28. The molecule has 0 spiro atoms. The minimum atomic E-state index is -0.0262. The van der Waals surface area contributed by atoms with Gasteiger partial charge in [-0.15, -0.1) is 11.3 Å². The first-order chi connectivity index (χ1) is 15.2. The van der Waals surface area contributed by atoms with Gasteiger partial charge in [0.25, 0.3) is 11.5 Å². The summed E-state index contributed by atoms with van der Waals surface area (Å²) < 4.78 is 8.25. The summed E-state index contributed by atoms with van der Waals surface area (Å²) in [7, 11) is 0. The van der Waals surface area contributed by atoms with Gasteiger partial charge in [-0.1, -0.05) is 37.5 Å². The van der Waals surface area contributed by atoms with Crippen LogP contribution in [0.5, 0.6) is 0 Å². The van der Waals surface area contributed by atoms with Crippen molar-refractivity contribution in [3.05, 3.63) is 69.7 Å². The highest BCUT2D eigenvalue weighted by molar-refractivity contribution is 7.21. The maximum absolute atomic E-state index is 13.7. The Kier molecular flexibility index (Phi) is 5.40. The Morgan fingerprint density at radius 3 is 2.68 bits per heavy atom. The van der Waals surface area contributed by atoms with Gasteiger partial charge in [-0.05, 0) is 44.0 Å². The molecule has 3 heterocycles. The first-order valence-electron chi connectivity index (χ1n) is 11.1. The zero-order valence-corrected chi connectivity index (χ0v) is 18.5. The maximum atomic E-state index is 13.7. The van der Waals surface area contributed by atoms with E-state index in [9.17, 15) is 9.59 Å². The quantitative estimate of drug-likeness (QED) is 0.399. The van der Waals surface area contributed by atoms with Gasteiger partial charge in [0.05, 0.1) is 28.6 Å². The van der Waals surface area contributed by atoms with E-state index in [-0.39, 0.29) is 17.5 Å². The number of carbonyl (C=O) groups is 1. The van der Waals surface area contributed by atoms with Crippen LogP contribution in [0.15, 0.2) is 57.9 Å². The van der Waals surface area contributed by atoms with Crippen molar-refractivity contribution in [3.63, 3.8) is 0 Å². The Morgan fingerprint density at radius 1 is 1.13 bits per heavy atom. The van der Waals surface area contributed by atoms with Gasteiger partial charge in [-0.2, -0.15) is 0 Å². The Hall–Kier alpha value is -2.86. The SMILES string of the molecule is CCn1c(=O)c2cc(C(=O)N(Cc3ccco3)C3CCCCC3)sc2c2ccccc21. The molecule has 0 aliphatic heterocycles. The lowest BCUT2D eigenvalue weighted by atomic mass is 9.94. The summed E-state index contributed by atoms with van der Waals surface area (Å²) in [6, 6.07) is 13.7. The van der Waals surface area contributed by atoms with Crippen LogP contribution in [0.4, 0.5) is 0 Å². The second kappa shape index (κ2) is 8.35. The van der Waals surface area contributed by atoms with E-state index in [0.29, 0.717) is 23.4 Å². The molecule has 0 unspecified atom stereocenters. The molecule has 3 aromatic heterocycles. The molecule has 1 fully saturated rings. The van der Waals surface area contributed by atoms with Crippen LogP contribution >= 0.6 is 11.3 Å². The van der Waals surface area contributed by atoms with Crippen molar-refractivity contribution >= 4 is 38.2 Å². The van der Waals surface area contributed by atoms with Crippen molar-refractivity contribution in [2.24, 2.45) is 0 Å². The summed E-state index contributed by atoms with van der Waals surface area (Å²) in [4.78, 5) is 29.5. The summed E-state index contributed by atoms with van der Waals surface area (Å²) in [5, 5.41) is 1.66. The van der Waals surface area contributed by atoms with E-state index in [1.165, 1.54) is 17.8 Å². The first kappa shape index (κ1) is 20.1. The van der Waals surface area contributed by atoms with Crippen LogP contribution in [-0.2, 0) is 13.1 Å². The predicted octanol–water partition coefficient (Wildman–Crippen LogP) is 5.80. The fourth-order valence-electron chi connectivity index (χ4n) is 4.80. The van der Waals surface area contributed by atoms with Crippen molar-refractivity contribution < 1.29 is 9.21 Å². The molecule has 31 heavy (non-hydrogen) atoms. The zero-order valence-electron chi connectivity index (χ0n) is 17.7. The van der Waals surface area contributed by atoms with Crippen molar-refractivity contribution in [3.8, 4) is 0 Å². The summed E-state index contributed by atoms with van der Waals surface area (Å²) in [6.45, 7) is 3.04. The summed E-state index contributed by atoms with van der Waals surface area (Å²) in [5.41, 5.74) is 0.893. The number of nitrogens with zero attached hydrogens (tertiary/aromatic N) is 2. The third-order valence-electron chi connectivity index (χ3n) is 6.36. The lowest BCUT2D eigenvalue weighted by molar-refractivity contribution is 0.0601. The molecule has 5 nitrogen and oxygen atoms in total. The number of thiophene rings is 1. The van der Waals surface area contributed by atoms with Crippen molar-refractivity contribution in [1.29, 1.82) is 0 Å². The molecule has 0 atom stereocenters. The average molecular weight is 435 g/mol. The molecule has 0 bridgehead atoms. The number of hydrogen-bond acceptors (Lipinski definition) is 4. The molecule has 0 saturated heterocycles. The number of furan rings is 1. The van der Waals surface area contributed by atoms with E-state index in [4.69, 9.17) is 4.42 Å². The number of aromatic nitrogens is 1. The van der Waals surface area contributed by atoms with Crippen LogP contribution in [0.2, 0.25) is 0 Å². The number of carbonyl (C=O) groups excluding carboxylic acids is 1. The molecule has 1 aliphatic rings. The van der Waals surface area contributed by atoms with Gasteiger partial charge in [0.2, 0.25) is 0 Å². The van der Waals surface area contributed by atoms with E-state index in [1.54, 1.807) is 16.9 Å². The van der Waals surface area contributed by atoms with Crippen LogP contribution in [0.1, 0.15) is 54.5 Å². The highest BCUT2D eigenvalue weighted by Crippen LogP contribution is 2.33. The average Bonchev–Trinajstić information content (AvgIpc) is 3.48. The van der Waals surface area contributed by atoms with Crippen LogP contribution < -0.4 is 5.56 Å². The van der Waals surface area contributed by atoms with Gasteiger partial charge < -0.3 is 13.9 Å². The highest BCUT2D eigenvalue weighted by atomic mass is 32.1. The Morgan fingerprint density at radius 2 is 1.94 bits per heavy atom. The minimum absolute atomic E-state index is 0.00368. The molecule has 5 rings (SSSR count). The predicted molar refractivity (Wildman–Crippen MR) is 125 cm³/mol. The van der Waals surface area contributed by atoms with Crippen LogP contribution in [0.3, 0.4) is 0 Å². The number of benzene rings is 1. The standard InChI is InChI=1S/C25H26N2O3S/c1-2-26-21-13-7-6-12-19(21)23-20(24(26)28)15-22(31-23)25(29)27(16-18-11-8-14-30-18)17-9-4-3-5-10-17/h6-8,11-15,17H,2-5,9-10,16H2,1H3. The zero-order chi connectivity index (χ0) is 21.4. The largest absolute Gasteiger partial charge is 0.467 e.